The minimum Gasteiger partial charge on any atom is -0.289 e. The number of aryl methyl sites for hydroxylation is 1. The van der Waals surface area contributed by atoms with E-state index in [1.807, 2.05) is 37.3 Å². The predicted molar refractivity (Wildman–Crippen MR) is 74.1 cm³/mol. The lowest BCUT2D eigenvalue weighted by Gasteiger charge is -2.03. The Hall–Kier alpha value is -2.55. The first-order valence-electron chi connectivity index (χ1n) is 6.06. The number of pyridine rings is 2. The van der Waals surface area contributed by atoms with Gasteiger partial charge in [0.2, 0.25) is 0 Å². The number of hydrogen-bond acceptors (Lipinski definition) is 3. The number of rotatable bonds is 2. The maximum atomic E-state index is 12.3. The lowest BCUT2D eigenvalue weighted by atomic mass is 10.0. The van der Waals surface area contributed by atoms with Crippen LogP contribution in [-0.2, 0) is 0 Å². The molecule has 0 atom stereocenters. The van der Waals surface area contributed by atoms with Crippen LogP contribution in [0.2, 0.25) is 0 Å². The van der Waals surface area contributed by atoms with Crippen molar-refractivity contribution in [1.29, 1.82) is 0 Å². The molecule has 0 N–H and O–H groups in total. The summed E-state index contributed by atoms with van der Waals surface area (Å²) in [5.41, 5.74) is 3.06. The van der Waals surface area contributed by atoms with E-state index >= 15 is 0 Å². The Morgan fingerprint density at radius 1 is 1.00 bits per heavy atom. The van der Waals surface area contributed by atoms with Gasteiger partial charge in [-0.1, -0.05) is 6.07 Å². The molecule has 0 saturated heterocycles. The number of ketones is 1. The highest BCUT2D eigenvalue weighted by Gasteiger charge is 2.09. The van der Waals surface area contributed by atoms with Crippen molar-refractivity contribution < 1.29 is 4.79 Å². The number of fused-ring (bicyclic) bond motifs is 1. The zero-order valence-electron chi connectivity index (χ0n) is 10.5. The minimum absolute atomic E-state index is 0.0155. The lowest BCUT2D eigenvalue weighted by Crippen LogP contribution is -2.02. The van der Waals surface area contributed by atoms with Crippen molar-refractivity contribution in [3.05, 3.63) is 71.7 Å². The molecule has 2 aromatic heterocycles. The average Bonchev–Trinajstić information content (AvgIpc) is 2.47. The van der Waals surface area contributed by atoms with E-state index in [0.717, 1.165) is 16.6 Å². The Labute approximate surface area is 111 Å². The van der Waals surface area contributed by atoms with Gasteiger partial charge < -0.3 is 0 Å². The maximum Gasteiger partial charge on any atom is 0.194 e. The van der Waals surface area contributed by atoms with Gasteiger partial charge >= 0.3 is 0 Å². The Morgan fingerprint density at radius 3 is 2.63 bits per heavy atom. The Balaban J connectivity index is 2.04. The van der Waals surface area contributed by atoms with Crippen LogP contribution in [0.1, 0.15) is 21.6 Å². The highest BCUT2D eigenvalue weighted by molar-refractivity contribution is 6.10. The lowest BCUT2D eigenvalue weighted by molar-refractivity contribution is 0.103. The minimum atomic E-state index is -0.0155. The molecule has 2 heterocycles. The zero-order valence-corrected chi connectivity index (χ0v) is 10.5. The molecule has 0 spiro atoms. The SMILES string of the molecule is Cc1ccc(C(=O)c2ccc3ncccc3c2)cn1. The van der Waals surface area contributed by atoms with E-state index in [9.17, 15) is 4.79 Å². The molecule has 3 rings (SSSR count). The molecule has 0 amide bonds. The monoisotopic (exact) mass is 248 g/mol. The third-order valence-electron chi connectivity index (χ3n) is 3.04. The van der Waals surface area contributed by atoms with Gasteiger partial charge in [0, 0.05) is 34.6 Å². The second kappa shape index (κ2) is 4.61. The molecule has 92 valence electrons. The first-order valence-corrected chi connectivity index (χ1v) is 6.06. The van der Waals surface area contributed by atoms with Gasteiger partial charge in [-0.2, -0.15) is 0 Å². The number of carbonyl (C=O) groups excluding carboxylic acids is 1. The van der Waals surface area contributed by atoms with E-state index < -0.39 is 0 Å². The molecular weight excluding hydrogens is 236 g/mol. The van der Waals surface area contributed by atoms with Crippen LogP contribution in [0.3, 0.4) is 0 Å². The molecule has 3 nitrogen and oxygen atoms in total. The summed E-state index contributed by atoms with van der Waals surface area (Å²) >= 11 is 0. The molecule has 0 fully saturated rings. The van der Waals surface area contributed by atoms with Crippen LogP contribution in [0.4, 0.5) is 0 Å². The third-order valence-corrected chi connectivity index (χ3v) is 3.04. The van der Waals surface area contributed by atoms with Crippen molar-refractivity contribution in [3.63, 3.8) is 0 Å². The van der Waals surface area contributed by atoms with Crippen LogP contribution < -0.4 is 0 Å². The summed E-state index contributed by atoms with van der Waals surface area (Å²) < 4.78 is 0. The fourth-order valence-corrected chi connectivity index (χ4v) is 1.99. The zero-order chi connectivity index (χ0) is 13.2. The number of carbonyl (C=O) groups is 1. The molecule has 0 aliphatic rings. The van der Waals surface area contributed by atoms with Crippen LogP contribution in [0.15, 0.2) is 54.9 Å². The summed E-state index contributed by atoms with van der Waals surface area (Å²) in [5, 5.41) is 0.966. The molecule has 0 bridgehead atoms. The van der Waals surface area contributed by atoms with Crippen LogP contribution in [0, 0.1) is 6.92 Å². The average molecular weight is 248 g/mol. The largest absolute Gasteiger partial charge is 0.289 e. The molecule has 3 aromatic rings. The van der Waals surface area contributed by atoms with Gasteiger partial charge in [-0.15, -0.1) is 0 Å². The van der Waals surface area contributed by atoms with E-state index in [1.54, 1.807) is 24.5 Å². The molecule has 0 aliphatic heterocycles. The summed E-state index contributed by atoms with van der Waals surface area (Å²) in [6, 6.07) is 13.0. The van der Waals surface area contributed by atoms with E-state index in [-0.39, 0.29) is 5.78 Å². The van der Waals surface area contributed by atoms with Crippen molar-refractivity contribution in [2.75, 3.05) is 0 Å². The number of benzene rings is 1. The molecular formula is C16H12N2O. The van der Waals surface area contributed by atoms with Gasteiger partial charge in [0.15, 0.2) is 5.78 Å². The molecule has 1 aromatic carbocycles. The summed E-state index contributed by atoms with van der Waals surface area (Å²) in [6.45, 7) is 1.90. The molecule has 0 aliphatic carbocycles. The fraction of sp³-hybridized carbons (Fsp3) is 0.0625. The molecule has 0 saturated carbocycles. The first-order chi connectivity index (χ1) is 9.24. The van der Waals surface area contributed by atoms with Crippen molar-refractivity contribution in [3.8, 4) is 0 Å². The van der Waals surface area contributed by atoms with Crippen molar-refractivity contribution in [2.24, 2.45) is 0 Å². The molecule has 3 heteroatoms. The van der Waals surface area contributed by atoms with Gasteiger partial charge in [0.1, 0.15) is 0 Å². The van der Waals surface area contributed by atoms with E-state index in [1.165, 1.54) is 0 Å². The molecule has 0 unspecified atom stereocenters. The van der Waals surface area contributed by atoms with Crippen LogP contribution >= 0.6 is 0 Å². The summed E-state index contributed by atoms with van der Waals surface area (Å²) in [5.74, 6) is -0.0155. The summed E-state index contributed by atoms with van der Waals surface area (Å²) in [7, 11) is 0. The quantitative estimate of drug-likeness (QED) is 0.654. The van der Waals surface area contributed by atoms with Crippen molar-refractivity contribution in [2.45, 2.75) is 6.92 Å². The van der Waals surface area contributed by atoms with Gasteiger partial charge in [0.25, 0.3) is 0 Å². The van der Waals surface area contributed by atoms with Crippen molar-refractivity contribution in [1.82, 2.24) is 9.97 Å². The topological polar surface area (TPSA) is 42.9 Å². The summed E-state index contributed by atoms with van der Waals surface area (Å²) in [4.78, 5) is 20.7. The van der Waals surface area contributed by atoms with E-state index in [4.69, 9.17) is 0 Å². The second-order valence-electron chi connectivity index (χ2n) is 4.43. The highest BCUT2D eigenvalue weighted by Crippen LogP contribution is 2.16. The normalized spacial score (nSPS) is 10.6. The summed E-state index contributed by atoms with van der Waals surface area (Å²) in [6.07, 6.45) is 3.36. The van der Waals surface area contributed by atoms with Gasteiger partial charge in [-0.3, -0.25) is 14.8 Å². The van der Waals surface area contributed by atoms with E-state index in [0.29, 0.717) is 11.1 Å². The van der Waals surface area contributed by atoms with Crippen LogP contribution in [0.25, 0.3) is 10.9 Å². The fourth-order valence-electron chi connectivity index (χ4n) is 1.99. The van der Waals surface area contributed by atoms with Gasteiger partial charge in [0.05, 0.1) is 5.52 Å². The molecule has 19 heavy (non-hydrogen) atoms. The first kappa shape index (κ1) is 11.5. The van der Waals surface area contributed by atoms with Crippen LogP contribution in [-0.4, -0.2) is 15.8 Å². The number of aromatic nitrogens is 2. The van der Waals surface area contributed by atoms with E-state index in [2.05, 4.69) is 9.97 Å². The maximum absolute atomic E-state index is 12.3. The Kier molecular flexibility index (Phi) is 2.80. The molecule has 0 radical (unpaired) electrons. The Morgan fingerprint density at radius 2 is 1.84 bits per heavy atom. The number of hydrogen-bond donors (Lipinski definition) is 0. The van der Waals surface area contributed by atoms with Gasteiger partial charge in [-0.05, 0) is 43.3 Å². The second-order valence-corrected chi connectivity index (χ2v) is 4.43. The highest BCUT2D eigenvalue weighted by atomic mass is 16.1. The third kappa shape index (κ3) is 2.22. The Bertz CT molecular complexity index is 748. The predicted octanol–water partition coefficient (Wildman–Crippen LogP) is 3.17. The number of nitrogens with zero attached hydrogens (tertiary/aromatic N) is 2. The van der Waals surface area contributed by atoms with Crippen LogP contribution in [0.5, 0.6) is 0 Å². The smallest absolute Gasteiger partial charge is 0.194 e. The van der Waals surface area contributed by atoms with Gasteiger partial charge in [-0.25, -0.2) is 0 Å². The van der Waals surface area contributed by atoms with Crippen molar-refractivity contribution >= 4 is 16.7 Å². The standard InChI is InChI=1S/C16H12N2O/c1-11-4-5-14(10-18-11)16(19)13-6-7-15-12(9-13)3-2-8-17-15/h2-10H,1H3.